The monoisotopic (exact) mass is 302 g/mol. The maximum Gasteiger partial charge on any atom is 0.238 e. The average molecular weight is 302 g/mol. The van der Waals surface area contributed by atoms with E-state index in [-0.39, 0.29) is 10.9 Å². The lowest BCUT2D eigenvalue weighted by atomic mass is 10.1. The first-order valence-corrected chi connectivity index (χ1v) is 7.70. The first kappa shape index (κ1) is 15.0. The van der Waals surface area contributed by atoms with Crippen LogP contribution in [0.3, 0.4) is 0 Å². The molecule has 0 saturated heterocycles. The van der Waals surface area contributed by atoms with Gasteiger partial charge in [-0.3, -0.25) is 0 Å². The van der Waals surface area contributed by atoms with E-state index in [0.717, 1.165) is 5.56 Å². The highest BCUT2D eigenvalue weighted by Gasteiger charge is 2.11. The second kappa shape index (κ2) is 5.91. The van der Waals surface area contributed by atoms with E-state index in [1.165, 1.54) is 18.3 Å². The summed E-state index contributed by atoms with van der Waals surface area (Å²) >= 11 is 0. The Morgan fingerprint density at radius 1 is 1.33 bits per heavy atom. The summed E-state index contributed by atoms with van der Waals surface area (Å²) in [6.45, 7) is 1.88. The molecule has 2 rings (SSSR count). The third kappa shape index (κ3) is 3.78. The van der Waals surface area contributed by atoms with E-state index in [1.54, 1.807) is 24.3 Å². The number of sulfonamides is 1. The molecule has 0 amide bonds. The van der Waals surface area contributed by atoms with Crippen LogP contribution >= 0.6 is 0 Å². The van der Waals surface area contributed by atoms with Crippen LogP contribution in [0.5, 0.6) is 0 Å². The molecule has 1 heterocycles. The summed E-state index contributed by atoms with van der Waals surface area (Å²) in [6.07, 6.45) is 1.47. The number of nitrogens with zero attached hydrogens (tertiary/aromatic N) is 2. The maximum atomic E-state index is 11.4. The van der Waals surface area contributed by atoms with Crippen molar-refractivity contribution in [3.63, 3.8) is 0 Å². The number of anilines is 1. The van der Waals surface area contributed by atoms with Crippen molar-refractivity contribution in [3.8, 4) is 6.07 Å². The topological polar surface area (TPSA) is 109 Å². The van der Waals surface area contributed by atoms with Gasteiger partial charge in [-0.25, -0.2) is 18.5 Å². The Hall–Kier alpha value is -2.43. The Morgan fingerprint density at radius 2 is 2.10 bits per heavy atom. The van der Waals surface area contributed by atoms with Gasteiger partial charge in [-0.2, -0.15) is 5.26 Å². The van der Waals surface area contributed by atoms with Gasteiger partial charge in [-0.15, -0.1) is 0 Å². The zero-order valence-corrected chi connectivity index (χ0v) is 12.1. The van der Waals surface area contributed by atoms with Gasteiger partial charge in [0.1, 0.15) is 11.9 Å². The highest BCUT2D eigenvalue weighted by molar-refractivity contribution is 7.89. The molecule has 0 aliphatic heterocycles. The molecule has 108 valence electrons. The van der Waals surface area contributed by atoms with Crippen molar-refractivity contribution in [1.29, 1.82) is 5.26 Å². The van der Waals surface area contributed by atoms with Crippen LogP contribution in [0.2, 0.25) is 0 Å². The minimum absolute atomic E-state index is 0.0708. The number of benzene rings is 1. The fourth-order valence-electron chi connectivity index (χ4n) is 1.81. The smallest absolute Gasteiger partial charge is 0.238 e. The quantitative estimate of drug-likeness (QED) is 0.894. The number of hydrogen-bond donors (Lipinski definition) is 2. The van der Waals surface area contributed by atoms with Crippen LogP contribution in [0.4, 0.5) is 5.82 Å². The van der Waals surface area contributed by atoms with Gasteiger partial charge in [0.05, 0.1) is 10.5 Å². The van der Waals surface area contributed by atoms with Gasteiger partial charge in [0.15, 0.2) is 0 Å². The molecule has 1 aromatic heterocycles. The van der Waals surface area contributed by atoms with E-state index in [4.69, 9.17) is 10.4 Å². The predicted molar refractivity (Wildman–Crippen MR) is 78.8 cm³/mol. The van der Waals surface area contributed by atoms with Gasteiger partial charge >= 0.3 is 0 Å². The van der Waals surface area contributed by atoms with Crippen molar-refractivity contribution in [2.75, 3.05) is 5.32 Å². The van der Waals surface area contributed by atoms with Crippen LogP contribution in [-0.4, -0.2) is 13.4 Å². The van der Waals surface area contributed by atoms with E-state index in [1.807, 2.05) is 13.0 Å². The fraction of sp³-hybridized carbons (Fsp3) is 0.143. The zero-order valence-electron chi connectivity index (χ0n) is 11.3. The molecule has 1 atom stereocenters. The first-order valence-electron chi connectivity index (χ1n) is 6.15. The van der Waals surface area contributed by atoms with Gasteiger partial charge in [-0.05, 0) is 36.8 Å². The highest BCUT2D eigenvalue weighted by Crippen LogP contribution is 2.20. The Kier molecular flexibility index (Phi) is 4.21. The van der Waals surface area contributed by atoms with Crippen molar-refractivity contribution < 1.29 is 8.42 Å². The third-order valence-electron chi connectivity index (χ3n) is 2.94. The zero-order chi connectivity index (χ0) is 15.5. The molecule has 0 bridgehead atoms. The number of nitrogens with two attached hydrogens (primary N) is 1. The molecule has 7 heteroatoms. The standard InChI is InChI=1S/C14H14N4O2S/c1-10(18-14-6-5-11(8-15)9-17-14)12-3-2-4-13(7-12)21(16,19)20/h2-7,9-10H,1H3,(H,17,18)(H2,16,19,20). The number of nitrogens with one attached hydrogen (secondary N) is 1. The van der Waals surface area contributed by atoms with E-state index in [2.05, 4.69) is 10.3 Å². The number of primary sulfonamides is 1. The molecule has 6 nitrogen and oxygen atoms in total. The largest absolute Gasteiger partial charge is 0.364 e. The molecule has 0 spiro atoms. The SMILES string of the molecule is CC(Nc1ccc(C#N)cn1)c1cccc(S(N)(=O)=O)c1. The summed E-state index contributed by atoms with van der Waals surface area (Å²) in [5.41, 5.74) is 1.25. The van der Waals surface area contributed by atoms with Crippen LogP contribution in [0.1, 0.15) is 24.1 Å². The number of rotatable bonds is 4. The summed E-state index contributed by atoms with van der Waals surface area (Å²) < 4.78 is 22.7. The average Bonchev–Trinajstić information content (AvgIpc) is 2.47. The summed E-state index contributed by atoms with van der Waals surface area (Å²) in [5.74, 6) is 0.600. The van der Waals surface area contributed by atoms with Crippen molar-refractivity contribution >= 4 is 15.8 Å². The Balaban J connectivity index is 2.20. The van der Waals surface area contributed by atoms with Crippen LogP contribution < -0.4 is 10.5 Å². The molecule has 21 heavy (non-hydrogen) atoms. The van der Waals surface area contributed by atoms with Gasteiger partial charge in [0.25, 0.3) is 0 Å². The molecule has 0 radical (unpaired) electrons. The molecular formula is C14H14N4O2S. The molecule has 0 aliphatic carbocycles. The minimum Gasteiger partial charge on any atom is -0.364 e. The third-order valence-corrected chi connectivity index (χ3v) is 3.85. The van der Waals surface area contributed by atoms with Gasteiger partial charge in [0.2, 0.25) is 10.0 Å². The molecule has 1 unspecified atom stereocenters. The number of nitriles is 1. The number of aromatic nitrogens is 1. The van der Waals surface area contributed by atoms with Crippen molar-refractivity contribution in [1.82, 2.24) is 4.98 Å². The fourth-order valence-corrected chi connectivity index (χ4v) is 2.38. The summed E-state index contributed by atoms with van der Waals surface area (Å²) in [6, 6.07) is 11.6. The van der Waals surface area contributed by atoms with Crippen molar-refractivity contribution in [2.24, 2.45) is 5.14 Å². The number of hydrogen-bond acceptors (Lipinski definition) is 5. The Morgan fingerprint density at radius 3 is 2.67 bits per heavy atom. The first-order chi connectivity index (χ1) is 9.90. The Bertz CT molecular complexity index is 779. The van der Waals surface area contributed by atoms with E-state index >= 15 is 0 Å². The van der Waals surface area contributed by atoms with Gasteiger partial charge in [-0.1, -0.05) is 12.1 Å². The normalized spacial score (nSPS) is 12.4. The van der Waals surface area contributed by atoms with Crippen LogP contribution in [-0.2, 0) is 10.0 Å². The second-order valence-corrected chi connectivity index (χ2v) is 6.09. The van der Waals surface area contributed by atoms with Crippen LogP contribution in [0.25, 0.3) is 0 Å². The molecule has 3 N–H and O–H groups in total. The summed E-state index contributed by atoms with van der Waals surface area (Å²) in [4.78, 5) is 4.18. The Labute approximate surface area is 123 Å². The molecule has 0 saturated carbocycles. The maximum absolute atomic E-state index is 11.4. The predicted octanol–water partition coefficient (Wildman–Crippen LogP) is 1.77. The summed E-state index contributed by atoms with van der Waals surface area (Å²) in [5, 5.41) is 17.0. The lowest BCUT2D eigenvalue weighted by Crippen LogP contribution is -2.14. The van der Waals surface area contributed by atoms with E-state index < -0.39 is 10.0 Å². The lowest BCUT2D eigenvalue weighted by Gasteiger charge is -2.15. The van der Waals surface area contributed by atoms with Gasteiger partial charge in [0, 0.05) is 12.2 Å². The lowest BCUT2D eigenvalue weighted by molar-refractivity contribution is 0.597. The molecular weight excluding hydrogens is 288 g/mol. The molecule has 1 aromatic carbocycles. The summed E-state index contributed by atoms with van der Waals surface area (Å²) in [7, 11) is -3.72. The van der Waals surface area contributed by atoms with E-state index in [9.17, 15) is 8.42 Å². The van der Waals surface area contributed by atoms with Crippen molar-refractivity contribution in [3.05, 3.63) is 53.7 Å². The van der Waals surface area contributed by atoms with Crippen molar-refractivity contribution in [2.45, 2.75) is 17.9 Å². The highest BCUT2D eigenvalue weighted by atomic mass is 32.2. The van der Waals surface area contributed by atoms with Gasteiger partial charge < -0.3 is 5.32 Å². The minimum atomic E-state index is -3.72. The second-order valence-electron chi connectivity index (χ2n) is 4.53. The van der Waals surface area contributed by atoms with Crippen LogP contribution in [0.15, 0.2) is 47.5 Å². The number of pyridine rings is 1. The molecule has 0 aliphatic rings. The molecule has 2 aromatic rings. The molecule has 0 fully saturated rings. The van der Waals surface area contributed by atoms with Crippen LogP contribution in [0, 0.1) is 11.3 Å². The van der Waals surface area contributed by atoms with E-state index in [0.29, 0.717) is 11.4 Å².